The summed E-state index contributed by atoms with van der Waals surface area (Å²) in [5.74, 6) is -0.832. The molecular weight excluding hydrogens is 455 g/mol. The Bertz CT molecular complexity index is 612. The van der Waals surface area contributed by atoms with Gasteiger partial charge in [-0.1, -0.05) is 12.1 Å². The fourth-order valence-corrected chi connectivity index (χ4v) is 3.37. The topological polar surface area (TPSA) is 46.1 Å². The van der Waals surface area contributed by atoms with E-state index in [1.165, 1.54) is 6.07 Å². The Kier molecular flexibility index (Phi) is 8.49. The number of ether oxygens (including phenoxy) is 2. The monoisotopic (exact) mass is 481 g/mol. The first kappa shape index (κ1) is 21.3. The summed E-state index contributed by atoms with van der Waals surface area (Å²) < 4.78 is 38.5. The van der Waals surface area contributed by atoms with Crippen molar-refractivity contribution in [3.05, 3.63) is 35.4 Å². The van der Waals surface area contributed by atoms with Crippen LogP contribution in [0.1, 0.15) is 18.4 Å². The zero-order valence-corrected chi connectivity index (χ0v) is 17.2. The summed E-state index contributed by atoms with van der Waals surface area (Å²) in [6.45, 7) is 3.38. The molecule has 2 atom stereocenters. The lowest BCUT2D eigenvalue weighted by atomic mass is 10.1. The minimum Gasteiger partial charge on any atom is -0.375 e. The molecule has 2 unspecified atom stereocenters. The van der Waals surface area contributed by atoms with Crippen LogP contribution in [0.15, 0.2) is 23.2 Å². The largest absolute Gasteiger partial charge is 0.375 e. The van der Waals surface area contributed by atoms with Gasteiger partial charge in [-0.3, -0.25) is 4.99 Å². The Morgan fingerprint density at radius 1 is 1.27 bits per heavy atom. The van der Waals surface area contributed by atoms with Crippen molar-refractivity contribution >= 4 is 29.9 Å². The average Bonchev–Trinajstić information content (AvgIpc) is 3.17. The fourth-order valence-electron chi connectivity index (χ4n) is 3.37. The summed E-state index contributed by atoms with van der Waals surface area (Å²) in [6, 6.07) is 4.26. The molecule has 2 saturated heterocycles. The summed E-state index contributed by atoms with van der Waals surface area (Å²) >= 11 is 0. The number of rotatable bonds is 4. The molecule has 1 aromatic rings. The predicted octanol–water partition coefficient (Wildman–Crippen LogP) is 2.58. The Balaban J connectivity index is 0.00000243. The van der Waals surface area contributed by atoms with Crippen molar-refractivity contribution in [2.45, 2.75) is 31.5 Å². The zero-order valence-electron chi connectivity index (χ0n) is 14.9. The number of aliphatic imine (C=N–C) groups is 1. The van der Waals surface area contributed by atoms with E-state index in [4.69, 9.17) is 9.47 Å². The maximum atomic E-state index is 13.7. The van der Waals surface area contributed by atoms with E-state index in [-0.39, 0.29) is 36.2 Å². The normalized spacial score (nSPS) is 23.7. The number of nitrogens with zero attached hydrogens (tertiary/aromatic N) is 2. The molecule has 2 aliphatic heterocycles. The highest BCUT2D eigenvalue weighted by atomic mass is 127. The highest BCUT2D eigenvalue weighted by molar-refractivity contribution is 14.0. The fraction of sp³-hybridized carbons (Fsp3) is 0.611. The highest BCUT2D eigenvalue weighted by Gasteiger charge is 2.32. The smallest absolute Gasteiger partial charge is 0.193 e. The molecule has 1 N–H and O–H groups in total. The molecule has 0 saturated carbocycles. The van der Waals surface area contributed by atoms with Gasteiger partial charge in [-0.2, -0.15) is 0 Å². The van der Waals surface area contributed by atoms with E-state index in [0.717, 1.165) is 44.6 Å². The second-order valence-corrected chi connectivity index (χ2v) is 6.34. The van der Waals surface area contributed by atoms with Crippen LogP contribution in [0.25, 0.3) is 0 Å². The third kappa shape index (κ3) is 5.26. The van der Waals surface area contributed by atoms with E-state index < -0.39 is 11.6 Å². The lowest BCUT2D eigenvalue weighted by molar-refractivity contribution is -0.0816. The van der Waals surface area contributed by atoms with Crippen LogP contribution < -0.4 is 5.32 Å². The number of hydrogen-bond donors (Lipinski definition) is 1. The minimum atomic E-state index is -0.811. The van der Waals surface area contributed by atoms with E-state index in [2.05, 4.69) is 15.2 Å². The summed E-state index contributed by atoms with van der Waals surface area (Å²) in [4.78, 5) is 6.45. The van der Waals surface area contributed by atoms with Crippen LogP contribution in [0.5, 0.6) is 0 Å². The van der Waals surface area contributed by atoms with Crippen molar-refractivity contribution in [3.63, 3.8) is 0 Å². The molecule has 0 spiro atoms. The number of morpholine rings is 1. The van der Waals surface area contributed by atoms with Crippen molar-refractivity contribution < 1.29 is 18.3 Å². The summed E-state index contributed by atoms with van der Waals surface area (Å²) in [5, 5.41) is 3.24. The molecule has 0 radical (unpaired) electrons. The van der Waals surface area contributed by atoms with E-state index in [0.29, 0.717) is 25.1 Å². The SMILES string of the molecule is CN=C(NCCc1cccc(F)c1F)N1CCOC(C2CCCO2)C1.I. The van der Waals surface area contributed by atoms with Crippen molar-refractivity contribution in [1.82, 2.24) is 10.2 Å². The van der Waals surface area contributed by atoms with Crippen LogP contribution in [-0.2, 0) is 15.9 Å². The molecular formula is C18H26F2IN3O2. The highest BCUT2D eigenvalue weighted by Crippen LogP contribution is 2.21. The van der Waals surface area contributed by atoms with Gasteiger partial charge in [-0.05, 0) is 30.9 Å². The predicted molar refractivity (Wildman–Crippen MR) is 107 cm³/mol. The number of nitrogens with one attached hydrogen (secondary N) is 1. The number of hydrogen-bond acceptors (Lipinski definition) is 3. The van der Waals surface area contributed by atoms with Gasteiger partial charge < -0.3 is 19.7 Å². The van der Waals surface area contributed by atoms with Gasteiger partial charge in [0.05, 0.1) is 12.7 Å². The number of benzene rings is 1. The summed E-state index contributed by atoms with van der Waals surface area (Å²) in [5.41, 5.74) is 0.363. The van der Waals surface area contributed by atoms with E-state index in [1.807, 2.05) is 0 Å². The maximum absolute atomic E-state index is 13.7. The van der Waals surface area contributed by atoms with Gasteiger partial charge in [-0.15, -0.1) is 24.0 Å². The quantitative estimate of drug-likeness (QED) is 0.408. The van der Waals surface area contributed by atoms with Gasteiger partial charge in [0.15, 0.2) is 17.6 Å². The molecule has 3 rings (SSSR count). The standard InChI is InChI=1S/C18H25F2N3O2.HI/c1-21-18(22-8-7-13-4-2-5-14(19)17(13)20)23-9-11-25-16(12-23)15-6-3-10-24-15;/h2,4-5,15-16H,3,6-12H2,1H3,(H,21,22);1H. The van der Waals surface area contributed by atoms with Gasteiger partial charge in [-0.25, -0.2) is 8.78 Å². The van der Waals surface area contributed by atoms with Crippen LogP contribution in [0.3, 0.4) is 0 Å². The molecule has 146 valence electrons. The first-order chi connectivity index (χ1) is 12.2. The molecule has 5 nitrogen and oxygen atoms in total. The van der Waals surface area contributed by atoms with E-state index >= 15 is 0 Å². The van der Waals surface area contributed by atoms with Crippen LogP contribution in [-0.4, -0.2) is 63.0 Å². The lowest BCUT2D eigenvalue weighted by Crippen LogP contribution is -2.53. The second kappa shape index (κ2) is 10.4. The Hall–Kier alpha value is -1.00. The first-order valence-corrected chi connectivity index (χ1v) is 8.80. The van der Waals surface area contributed by atoms with Crippen molar-refractivity contribution in [3.8, 4) is 0 Å². The molecule has 1 aromatic carbocycles. The second-order valence-electron chi connectivity index (χ2n) is 6.34. The summed E-state index contributed by atoms with van der Waals surface area (Å²) in [6.07, 6.45) is 2.71. The Labute approximate surface area is 170 Å². The third-order valence-corrected chi connectivity index (χ3v) is 4.69. The van der Waals surface area contributed by atoms with Crippen molar-refractivity contribution in [2.75, 3.05) is 39.9 Å². The molecule has 2 aliphatic rings. The summed E-state index contributed by atoms with van der Waals surface area (Å²) in [7, 11) is 1.72. The first-order valence-electron chi connectivity index (χ1n) is 8.80. The molecule has 2 fully saturated rings. The Morgan fingerprint density at radius 2 is 2.08 bits per heavy atom. The minimum absolute atomic E-state index is 0. The molecule has 2 heterocycles. The van der Waals surface area contributed by atoms with Crippen molar-refractivity contribution in [2.24, 2.45) is 4.99 Å². The molecule has 0 aromatic heterocycles. The maximum Gasteiger partial charge on any atom is 0.193 e. The van der Waals surface area contributed by atoms with Gasteiger partial charge in [0, 0.05) is 33.3 Å². The molecule has 0 aliphatic carbocycles. The van der Waals surface area contributed by atoms with Gasteiger partial charge >= 0.3 is 0 Å². The Morgan fingerprint density at radius 3 is 2.81 bits per heavy atom. The van der Waals surface area contributed by atoms with Crippen LogP contribution in [0, 0.1) is 11.6 Å². The molecule has 26 heavy (non-hydrogen) atoms. The zero-order chi connectivity index (χ0) is 17.6. The van der Waals surface area contributed by atoms with E-state index in [9.17, 15) is 8.78 Å². The van der Waals surface area contributed by atoms with Crippen molar-refractivity contribution in [1.29, 1.82) is 0 Å². The number of guanidine groups is 1. The molecule has 0 amide bonds. The van der Waals surface area contributed by atoms with Crippen LogP contribution >= 0.6 is 24.0 Å². The molecule has 8 heteroatoms. The number of halogens is 3. The van der Waals surface area contributed by atoms with Gasteiger partial charge in [0.25, 0.3) is 0 Å². The van der Waals surface area contributed by atoms with Gasteiger partial charge in [0.2, 0.25) is 0 Å². The average molecular weight is 481 g/mol. The van der Waals surface area contributed by atoms with Crippen LogP contribution in [0.4, 0.5) is 8.78 Å². The van der Waals surface area contributed by atoms with Gasteiger partial charge in [0.1, 0.15) is 6.10 Å². The van der Waals surface area contributed by atoms with E-state index in [1.54, 1.807) is 13.1 Å². The third-order valence-electron chi connectivity index (χ3n) is 4.69. The van der Waals surface area contributed by atoms with Crippen LogP contribution in [0.2, 0.25) is 0 Å². The molecule has 0 bridgehead atoms. The lowest BCUT2D eigenvalue weighted by Gasteiger charge is -2.37.